The predicted octanol–water partition coefficient (Wildman–Crippen LogP) is 7.57. The summed E-state index contributed by atoms with van der Waals surface area (Å²) in [4.78, 5) is 14.2. The van der Waals surface area contributed by atoms with Crippen molar-refractivity contribution in [1.82, 2.24) is 14.8 Å². The maximum atomic E-state index is 13.0. The third-order valence-corrected chi connectivity index (χ3v) is 10.2. The molecule has 0 fully saturated rings. The van der Waals surface area contributed by atoms with E-state index in [-0.39, 0.29) is 23.2 Å². The number of aromatic nitrogens is 3. The first-order valence-corrected chi connectivity index (χ1v) is 15.7. The Morgan fingerprint density at radius 3 is 2.82 bits per heavy atom. The monoisotopic (exact) mass is 627 g/mol. The fourth-order valence-corrected chi connectivity index (χ4v) is 7.13. The second kappa shape index (κ2) is 12.7. The maximum Gasteiger partial charge on any atom is 0.235 e. The van der Waals surface area contributed by atoms with Gasteiger partial charge in [0.25, 0.3) is 0 Å². The number of allylic oxidation sites excluding steroid dienone is 1. The molecule has 0 saturated carbocycles. The lowest BCUT2D eigenvalue weighted by molar-refractivity contribution is -0.113. The molecule has 4 rings (SSSR count). The van der Waals surface area contributed by atoms with Gasteiger partial charge >= 0.3 is 0 Å². The molecule has 0 radical (unpaired) electrons. The van der Waals surface area contributed by atoms with Crippen molar-refractivity contribution in [2.45, 2.75) is 71.2 Å². The van der Waals surface area contributed by atoms with Gasteiger partial charge < -0.3 is 10.1 Å². The van der Waals surface area contributed by atoms with E-state index in [4.69, 9.17) is 4.74 Å². The molecule has 2 aromatic heterocycles. The minimum absolute atomic E-state index is 0.149. The Bertz CT molecular complexity index is 1370. The third kappa shape index (κ3) is 6.76. The highest BCUT2D eigenvalue weighted by molar-refractivity contribution is 9.10. The van der Waals surface area contributed by atoms with Gasteiger partial charge in [-0.2, -0.15) is 5.26 Å². The number of carbonyl (C=O) groups excluding carboxylic acids is 1. The Morgan fingerprint density at radius 1 is 1.41 bits per heavy atom. The molecular formula is C29H34BrN5O2S2. The zero-order valence-electron chi connectivity index (χ0n) is 22.8. The third-order valence-electron chi connectivity index (χ3n) is 7.53. The van der Waals surface area contributed by atoms with Crippen molar-refractivity contribution in [3.8, 4) is 11.8 Å². The van der Waals surface area contributed by atoms with Crippen LogP contribution in [0.5, 0.6) is 5.75 Å². The molecule has 2 heterocycles. The molecule has 2 unspecified atom stereocenters. The number of hydrogen-bond acceptors (Lipinski definition) is 7. The number of benzene rings is 1. The minimum atomic E-state index is -0.348. The summed E-state index contributed by atoms with van der Waals surface area (Å²) >= 11 is 6.30. The Labute approximate surface area is 247 Å². The molecular weight excluding hydrogens is 594 g/mol. The Morgan fingerprint density at radius 2 is 2.15 bits per heavy atom. The number of thioether (sulfide) groups is 1. The van der Waals surface area contributed by atoms with Crippen molar-refractivity contribution in [3.05, 3.63) is 63.2 Å². The number of nitrogens with one attached hydrogen (secondary N) is 1. The van der Waals surface area contributed by atoms with E-state index in [9.17, 15) is 10.1 Å². The van der Waals surface area contributed by atoms with Crippen molar-refractivity contribution in [2.75, 3.05) is 11.1 Å². The summed E-state index contributed by atoms with van der Waals surface area (Å²) in [5, 5.41) is 22.8. The van der Waals surface area contributed by atoms with Crippen molar-refractivity contribution in [1.29, 1.82) is 5.26 Å². The molecule has 206 valence electrons. The molecule has 1 amide bonds. The molecule has 3 aromatic rings. The smallest absolute Gasteiger partial charge is 0.235 e. The molecule has 10 heteroatoms. The van der Waals surface area contributed by atoms with Gasteiger partial charge in [-0.15, -0.1) is 28.1 Å². The van der Waals surface area contributed by atoms with E-state index in [1.54, 1.807) is 17.4 Å². The van der Waals surface area contributed by atoms with E-state index in [0.717, 1.165) is 41.5 Å². The molecule has 7 nitrogen and oxygen atoms in total. The highest BCUT2D eigenvalue weighted by atomic mass is 79.9. The van der Waals surface area contributed by atoms with Gasteiger partial charge in [-0.25, -0.2) is 0 Å². The van der Waals surface area contributed by atoms with Crippen molar-refractivity contribution in [3.63, 3.8) is 0 Å². The quantitative estimate of drug-likeness (QED) is 0.174. The van der Waals surface area contributed by atoms with Crippen molar-refractivity contribution in [2.24, 2.45) is 11.3 Å². The van der Waals surface area contributed by atoms with Gasteiger partial charge in [-0.05, 0) is 67.3 Å². The van der Waals surface area contributed by atoms with Crippen molar-refractivity contribution < 1.29 is 9.53 Å². The molecule has 0 bridgehead atoms. The second-order valence-corrected chi connectivity index (χ2v) is 13.4. The molecule has 1 aliphatic rings. The van der Waals surface area contributed by atoms with Crippen LogP contribution < -0.4 is 10.1 Å². The second-order valence-electron chi connectivity index (χ2n) is 10.4. The first-order valence-electron chi connectivity index (χ1n) is 13.1. The van der Waals surface area contributed by atoms with Gasteiger partial charge in [-0.1, -0.05) is 61.0 Å². The number of halogens is 1. The van der Waals surface area contributed by atoms with E-state index in [0.29, 0.717) is 34.0 Å². The van der Waals surface area contributed by atoms with Crippen LogP contribution in [0.15, 0.2) is 46.5 Å². The zero-order valence-corrected chi connectivity index (χ0v) is 26.0. The SMILES string of the molecule is C=CCn1c(SCC(=O)Nc2sc3c(c2C#N)CCC(C(C)(C)CC)C3)nnc1C(C)Oc1ccc(Br)cc1. The van der Waals surface area contributed by atoms with Crippen LogP contribution in [-0.2, 0) is 24.2 Å². The number of thiophene rings is 1. The Hall–Kier alpha value is -2.61. The minimum Gasteiger partial charge on any atom is -0.483 e. The summed E-state index contributed by atoms with van der Waals surface area (Å²) in [5.74, 6) is 1.94. The van der Waals surface area contributed by atoms with Crippen LogP contribution in [0.3, 0.4) is 0 Å². The molecule has 0 saturated heterocycles. The van der Waals surface area contributed by atoms with Crippen LogP contribution >= 0.6 is 39.0 Å². The van der Waals surface area contributed by atoms with E-state index in [1.165, 1.54) is 16.6 Å². The first kappa shape index (κ1) is 29.4. The van der Waals surface area contributed by atoms with Gasteiger partial charge in [0.2, 0.25) is 5.91 Å². The summed E-state index contributed by atoms with van der Waals surface area (Å²) < 4.78 is 8.95. The summed E-state index contributed by atoms with van der Waals surface area (Å²) in [6.07, 6.45) is 5.48. The maximum absolute atomic E-state index is 13.0. The highest BCUT2D eigenvalue weighted by Gasteiger charge is 2.34. The van der Waals surface area contributed by atoms with Gasteiger partial charge in [0.15, 0.2) is 17.1 Å². The van der Waals surface area contributed by atoms with Gasteiger partial charge in [-0.3, -0.25) is 9.36 Å². The molecule has 0 aliphatic heterocycles. The lowest BCUT2D eigenvalue weighted by atomic mass is 9.69. The normalized spacial score (nSPS) is 15.7. The number of amides is 1. The lowest BCUT2D eigenvalue weighted by Gasteiger charge is -2.36. The average Bonchev–Trinajstić information content (AvgIpc) is 3.48. The van der Waals surface area contributed by atoms with E-state index in [1.807, 2.05) is 35.8 Å². The van der Waals surface area contributed by atoms with Gasteiger partial charge in [0.05, 0.1) is 11.3 Å². The van der Waals surface area contributed by atoms with Crippen LogP contribution in [0.25, 0.3) is 0 Å². The number of carbonyl (C=O) groups is 1. The summed E-state index contributed by atoms with van der Waals surface area (Å²) in [7, 11) is 0. The molecule has 1 aliphatic carbocycles. The van der Waals surface area contributed by atoms with Crippen LogP contribution in [0.2, 0.25) is 0 Å². The summed E-state index contributed by atoms with van der Waals surface area (Å²) in [6.45, 7) is 13.2. The number of nitriles is 1. The largest absolute Gasteiger partial charge is 0.483 e. The first-order chi connectivity index (χ1) is 18.7. The summed E-state index contributed by atoms with van der Waals surface area (Å²) in [5.41, 5.74) is 2.00. The Kier molecular flexibility index (Phi) is 9.57. The molecule has 1 aromatic carbocycles. The van der Waals surface area contributed by atoms with E-state index in [2.05, 4.69) is 64.9 Å². The summed E-state index contributed by atoms with van der Waals surface area (Å²) in [6, 6.07) is 9.96. The number of anilines is 1. The number of nitrogens with zero attached hydrogens (tertiary/aromatic N) is 4. The molecule has 0 spiro atoms. The van der Waals surface area contributed by atoms with Gasteiger partial charge in [0, 0.05) is 15.9 Å². The average molecular weight is 629 g/mol. The molecule has 39 heavy (non-hydrogen) atoms. The van der Waals surface area contributed by atoms with Crippen LogP contribution in [0, 0.1) is 22.7 Å². The number of ether oxygens (including phenoxy) is 1. The number of fused-ring (bicyclic) bond motifs is 1. The fourth-order valence-electron chi connectivity index (χ4n) is 4.82. The van der Waals surface area contributed by atoms with Crippen LogP contribution in [-0.4, -0.2) is 26.4 Å². The fraction of sp³-hybridized carbons (Fsp3) is 0.448. The standard InChI is InChI=1S/C29H34BrN5O2S2/c1-6-14-35-26(18(3)37-21-11-9-20(30)10-12-21)33-34-28(35)38-17-25(36)32-27-23(16-31)22-13-8-19(15-24(22)39-27)29(4,5)7-2/h6,9-12,18-19H,1,7-8,13-15,17H2,2-5H3,(H,32,36). The number of rotatable bonds is 11. The van der Waals surface area contributed by atoms with Gasteiger partial charge in [0.1, 0.15) is 16.8 Å². The molecule has 1 N–H and O–H groups in total. The van der Waals surface area contributed by atoms with E-state index < -0.39 is 0 Å². The van der Waals surface area contributed by atoms with Crippen LogP contribution in [0.4, 0.5) is 5.00 Å². The van der Waals surface area contributed by atoms with E-state index >= 15 is 0 Å². The zero-order chi connectivity index (χ0) is 28.2. The lowest BCUT2D eigenvalue weighted by Crippen LogP contribution is -2.28. The Balaban J connectivity index is 1.43. The highest BCUT2D eigenvalue weighted by Crippen LogP contribution is 2.45. The topological polar surface area (TPSA) is 92.8 Å². The van der Waals surface area contributed by atoms with Crippen LogP contribution in [0.1, 0.15) is 68.5 Å². The van der Waals surface area contributed by atoms with Crippen molar-refractivity contribution >= 4 is 49.9 Å². The molecule has 2 atom stereocenters. The predicted molar refractivity (Wildman–Crippen MR) is 161 cm³/mol. The number of hydrogen-bond donors (Lipinski definition) is 1.